The topological polar surface area (TPSA) is 92.2 Å². The van der Waals surface area contributed by atoms with Gasteiger partial charge in [-0.05, 0) is 42.0 Å². The molecule has 0 saturated carbocycles. The first kappa shape index (κ1) is 19.6. The van der Waals surface area contributed by atoms with Crippen molar-refractivity contribution in [3.05, 3.63) is 102 Å². The molecule has 3 aromatic carbocycles. The van der Waals surface area contributed by atoms with E-state index in [1.54, 1.807) is 42.5 Å². The van der Waals surface area contributed by atoms with Gasteiger partial charge in [0.05, 0.1) is 22.5 Å². The molecule has 0 fully saturated rings. The molecule has 1 heterocycles. The number of anilines is 1. The monoisotopic (exact) mass is 417 g/mol. The molecule has 7 heteroatoms. The molecule has 30 heavy (non-hydrogen) atoms. The Balaban J connectivity index is 1.74. The molecular formula is C23H19N3O3S. The summed E-state index contributed by atoms with van der Waals surface area (Å²) in [5, 5.41) is 9.52. The molecular weight excluding hydrogens is 398 g/mol. The number of rotatable bonds is 6. The van der Waals surface area contributed by atoms with Gasteiger partial charge in [-0.3, -0.25) is 4.72 Å². The van der Waals surface area contributed by atoms with Crippen molar-refractivity contribution in [2.24, 2.45) is 0 Å². The Morgan fingerprint density at radius 3 is 2.13 bits per heavy atom. The number of hydrogen-bond donors (Lipinski definition) is 2. The highest BCUT2D eigenvalue weighted by molar-refractivity contribution is 7.92. The Morgan fingerprint density at radius 2 is 1.47 bits per heavy atom. The maximum atomic E-state index is 12.8. The summed E-state index contributed by atoms with van der Waals surface area (Å²) in [5.41, 5.74) is 2.84. The molecule has 0 amide bonds. The van der Waals surface area contributed by atoms with Crippen LogP contribution in [0.1, 0.15) is 11.3 Å². The lowest BCUT2D eigenvalue weighted by molar-refractivity contribution is 0.475. The second-order valence-electron chi connectivity index (χ2n) is 6.68. The zero-order chi connectivity index (χ0) is 21.0. The second kappa shape index (κ2) is 8.34. The molecule has 0 radical (unpaired) electrons. The van der Waals surface area contributed by atoms with Gasteiger partial charge in [0.25, 0.3) is 10.0 Å². The Labute approximate surface area is 175 Å². The summed E-state index contributed by atoms with van der Waals surface area (Å²) >= 11 is 0. The Kier molecular flexibility index (Phi) is 5.45. The van der Waals surface area contributed by atoms with E-state index in [-0.39, 0.29) is 16.5 Å². The first-order valence-electron chi connectivity index (χ1n) is 9.28. The number of aromatic nitrogens is 2. The Bertz CT molecular complexity index is 1240. The lowest BCUT2D eigenvalue weighted by Gasteiger charge is -2.13. The SMILES string of the molecule is O=S(=O)(Nc1ncc(-c2ccc(O)cc2)nc1Cc1ccccc1)c1ccccc1. The standard InChI is InChI=1S/C23H19N3O3S/c27-19-13-11-18(12-14-19)22-16-24-23(21(25-22)15-17-7-3-1-4-8-17)26-30(28,29)20-9-5-2-6-10-20/h1-14,16,27H,15H2,(H,24,26). The van der Waals surface area contributed by atoms with Gasteiger partial charge in [-0.2, -0.15) is 0 Å². The molecule has 6 nitrogen and oxygen atoms in total. The zero-order valence-corrected chi connectivity index (χ0v) is 16.8. The van der Waals surface area contributed by atoms with Crippen LogP contribution in [0.2, 0.25) is 0 Å². The van der Waals surface area contributed by atoms with Gasteiger partial charge in [-0.1, -0.05) is 48.5 Å². The number of phenols is 1. The summed E-state index contributed by atoms with van der Waals surface area (Å²) in [5.74, 6) is 0.341. The smallest absolute Gasteiger partial charge is 0.263 e. The van der Waals surface area contributed by atoms with Crippen LogP contribution in [0.25, 0.3) is 11.3 Å². The summed E-state index contributed by atoms with van der Waals surface area (Å²) in [6.07, 6.45) is 1.93. The van der Waals surface area contributed by atoms with Gasteiger partial charge >= 0.3 is 0 Å². The van der Waals surface area contributed by atoms with Crippen LogP contribution in [0.5, 0.6) is 5.75 Å². The molecule has 0 spiro atoms. The maximum absolute atomic E-state index is 12.8. The normalized spacial score (nSPS) is 11.2. The highest BCUT2D eigenvalue weighted by Gasteiger charge is 2.18. The molecule has 0 aliphatic rings. The van der Waals surface area contributed by atoms with Crippen molar-refractivity contribution >= 4 is 15.8 Å². The molecule has 0 bridgehead atoms. The third kappa shape index (κ3) is 4.47. The van der Waals surface area contributed by atoms with Crippen LogP contribution >= 0.6 is 0 Å². The Morgan fingerprint density at radius 1 is 0.833 bits per heavy atom. The predicted octanol–water partition coefficient (Wildman–Crippen LogP) is 4.24. The number of phenolic OH excluding ortho intramolecular Hbond substituents is 1. The minimum Gasteiger partial charge on any atom is -0.508 e. The highest BCUT2D eigenvalue weighted by Crippen LogP contribution is 2.25. The molecule has 0 unspecified atom stereocenters. The maximum Gasteiger partial charge on any atom is 0.263 e. The van der Waals surface area contributed by atoms with Crippen LogP contribution in [0.4, 0.5) is 5.82 Å². The van der Waals surface area contributed by atoms with Gasteiger partial charge in [-0.15, -0.1) is 0 Å². The van der Waals surface area contributed by atoms with E-state index in [2.05, 4.69) is 14.7 Å². The summed E-state index contributed by atoms with van der Waals surface area (Å²) in [4.78, 5) is 9.20. The van der Waals surface area contributed by atoms with Crippen molar-refractivity contribution in [3.8, 4) is 17.0 Å². The van der Waals surface area contributed by atoms with E-state index < -0.39 is 10.0 Å². The summed E-state index contributed by atoms with van der Waals surface area (Å²) in [6.45, 7) is 0. The fraction of sp³-hybridized carbons (Fsp3) is 0.0435. The molecule has 0 saturated heterocycles. The average molecular weight is 417 g/mol. The first-order chi connectivity index (χ1) is 14.5. The zero-order valence-electron chi connectivity index (χ0n) is 15.9. The van der Waals surface area contributed by atoms with Crippen LogP contribution in [0.15, 0.2) is 96.0 Å². The van der Waals surface area contributed by atoms with Crippen molar-refractivity contribution in [3.63, 3.8) is 0 Å². The van der Waals surface area contributed by atoms with Crippen LogP contribution in [-0.2, 0) is 16.4 Å². The van der Waals surface area contributed by atoms with Crippen LogP contribution in [0, 0.1) is 0 Å². The highest BCUT2D eigenvalue weighted by atomic mass is 32.2. The van der Waals surface area contributed by atoms with E-state index >= 15 is 0 Å². The molecule has 0 aliphatic carbocycles. The molecule has 2 N–H and O–H groups in total. The number of nitrogens with one attached hydrogen (secondary N) is 1. The molecule has 0 atom stereocenters. The lowest BCUT2D eigenvalue weighted by Crippen LogP contribution is -2.16. The van der Waals surface area contributed by atoms with Gasteiger partial charge in [0.2, 0.25) is 0 Å². The third-order valence-electron chi connectivity index (χ3n) is 4.51. The van der Waals surface area contributed by atoms with E-state index in [9.17, 15) is 13.5 Å². The average Bonchev–Trinajstić information content (AvgIpc) is 2.77. The minimum absolute atomic E-state index is 0.153. The number of aromatic hydroxyl groups is 1. The van der Waals surface area contributed by atoms with Crippen molar-refractivity contribution < 1.29 is 13.5 Å². The molecule has 1 aromatic heterocycles. The molecule has 4 aromatic rings. The summed E-state index contributed by atoms with van der Waals surface area (Å²) < 4.78 is 28.2. The summed E-state index contributed by atoms with van der Waals surface area (Å²) in [7, 11) is -3.80. The summed E-state index contributed by atoms with van der Waals surface area (Å²) in [6, 6.07) is 24.4. The van der Waals surface area contributed by atoms with Crippen LogP contribution < -0.4 is 4.72 Å². The van der Waals surface area contributed by atoms with E-state index in [0.29, 0.717) is 17.8 Å². The van der Waals surface area contributed by atoms with Gasteiger partial charge in [-0.25, -0.2) is 18.4 Å². The Hall–Kier alpha value is -3.71. The number of sulfonamides is 1. The predicted molar refractivity (Wildman–Crippen MR) is 116 cm³/mol. The lowest BCUT2D eigenvalue weighted by atomic mass is 10.1. The van der Waals surface area contributed by atoms with E-state index in [4.69, 9.17) is 0 Å². The van der Waals surface area contributed by atoms with Gasteiger partial charge in [0, 0.05) is 12.0 Å². The molecule has 150 valence electrons. The van der Waals surface area contributed by atoms with E-state index in [1.807, 2.05) is 30.3 Å². The van der Waals surface area contributed by atoms with Gasteiger partial charge in [0.1, 0.15) is 5.75 Å². The third-order valence-corrected chi connectivity index (χ3v) is 5.86. The van der Waals surface area contributed by atoms with Crippen molar-refractivity contribution in [1.29, 1.82) is 0 Å². The largest absolute Gasteiger partial charge is 0.508 e. The first-order valence-corrected chi connectivity index (χ1v) is 10.8. The van der Waals surface area contributed by atoms with Crippen molar-refractivity contribution in [1.82, 2.24) is 9.97 Å². The molecule has 4 rings (SSSR count). The fourth-order valence-corrected chi connectivity index (χ4v) is 4.04. The second-order valence-corrected chi connectivity index (χ2v) is 8.36. The number of nitrogens with zero attached hydrogens (tertiary/aromatic N) is 2. The minimum atomic E-state index is -3.80. The van der Waals surface area contributed by atoms with E-state index in [0.717, 1.165) is 11.1 Å². The van der Waals surface area contributed by atoms with Gasteiger partial charge < -0.3 is 5.11 Å². The van der Waals surface area contributed by atoms with Crippen LogP contribution in [-0.4, -0.2) is 23.5 Å². The number of hydrogen-bond acceptors (Lipinski definition) is 5. The fourth-order valence-electron chi connectivity index (χ4n) is 2.98. The van der Waals surface area contributed by atoms with Crippen molar-refractivity contribution in [2.45, 2.75) is 11.3 Å². The van der Waals surface area contributed by atoms with E-state index in [1.165, 1.54) is 18.3 Å². The number of benzene rings is 3. The van der Waals surface area contributed by atoms with Gasteiger partial charge in [0.15, 0.2) is 5.82 Å². The van der Waals surface area contributed by atoms with Crippen molar-refractivity contribution in [2.75, 3.05) is 4.72 Å². The quantitative estimate of drug-likeness (QED) is 0.490. The molecule has 0 aliphatic heterocycles. The van der Waals surface area contributed by atoms with Crippen LogP contribution in [0.3, 0.4) is 0 Å².